The van der Waals surface area contributed by atoms with Gasteiger partial charge in [-0.2, -0.15) is 0 Å². The first kappa shape index (κ1) is 26.3. The second-order valence-corrected chi connectivity index (χ2v) is 8.28. The molecule has 0 fully saturated rings. The van der Waals surface area contributed by atoms with Gasteiger partial charge in [-0.1, -0.05) is 24.3 Å². The van der Waals surface area contributed by atoms with E-state index in [1.165, 1.54) is 48.8 Å². The average Bonchev–Trinajstić information content (AvgIpc) is 2.90. The maximum atomic E-state index is 11.0. The Morgan fingerprint density at radius 2 is 1.05 bits per heavy atom. The number of nitrogens with zero attached hydrogens (tertiary/aromatic N) is 4. The zero-order valence-corrected chi connectivity index (χ0v) is 20.0. The number of nitro groups is 2. The molecule has 0 heterocycles. The predicted molar refractivity (Wildman–Crippen MR) is 143 cm³/mol. The Hall–Kier alpha value is -5.78. The molecular weight excluding hydrogens is 508 g/mol. The Morgan fingerprint density at radius 3 is 1.44 bits per heavy atom. The van der Waals surface area contributed by atoms with Gasteiger partial charge in [0.1, 0.15) is 22.9 Å². The first-order chi connectivity index (χ1) is 18.6. The quantitative estimate of drug-likeness (QED) is 0.132. The zero-order chi connectivity index (χ0) is 28.1. The van der Waals surface area contributed by atoms with Gasteiger partial charge in [0.05, 0.1) is 9.85 Å². The Kier molecular flexibility index (Phi) is 7.47. The number of aromatic hydroxyl groups is 4. The summed E-state index contributed by atoms with van der Waals surface area (Å²) in [4.78, 5) is 29.0. The normalized spacial score (nSPS) is 11.3. The summed E-state index contributed by atoms with van der Waals surface area (Å²) in [6, 6.07) is 17.4. The van der Waals surface area contributed by atoms with Crippen LogP contribution in [0, 0.1) is 20.2 Å². The highest BCUT2D eigenvalue weighted by Gasteiger charge is 2.16. The van der Waals surface area contributed by atoms with Crippen molar-refractivity contribution >= 4 is 35.2 Å². The van der Waals surface area contributed by atoms with Gasteiger partial charge < -0.3 is 20.4 Å². The van der Waals surface area contributed by atoms with Crippen molar-refractivity contribution in [3.8, 4) is 23.0 Å². The number of phenolic OH excluding ortho intramolecular Hbond substituents is 4. The van der Waals surface area contributed by atoms with Crippen LogP contribution in [0.15, 0.2) is 82.8 Å². The Morgan fingerprint density at radius 1 is 0.641 bits per heavy atom. The number of phenols is 4. The van der Waals surface area contributed by atoms with Crippen molar-refractivity contribution in [1.82, 2.24) is 0 Å². The summed E-state index contributed by atoms with van der Waals surface area (Å²) in [6.07, 6.45) is 2.76. The second kappa shape index (κ2) is 11.1. The molecule has 12 heteroatoms. The van der Waals surface area contributed by atoms with Crippen LogP contribution in [-0.4, -0.2) is 42.7 Å². The molecule has 0 radical (unpaired) electrons. The van der Waals surface area contributed by atoms with Crippen LogP contribution >= 0.6 is 0 Å². The molecule has 0 bridgehead atoms. The van der Waals surface area contributed by atoms with Crippen molar-refractivity contribution in [3.63, 3.8) is 0 Å². The van der Waals surface area contributed by atoms with Crippen LogP contribution in [-0.2, 0) is 6.42 Å². The van der Waals surface area contributed by atoms with E-state index >= 15 is 0 Å². The number of benzene rings is 4. The molecule has 4 N–H and O–H groups in total. The van der Waals surface area contributed by atoms with E-state index in [1.807, 2.05) is 0 Å². The second-order valence-electron chi connectivity index (χ2n) is 8.28. The van der Waals surface area contributed by atoms with Gasteiger partial charge in [-0.3, -0.25) is 30.2 Å². The molecule has 4 aromatic carbocycles. The first-order valence-corrected chi connectivity index (χ1v) is 11.3. The van der Waals surface area contributed by atoms with E-state index in [9.17, 15) is 40.7 Å². The van der Waals surface area contributed by atoms with Crippen LogP contribution in [0.25, 0.3) is 0 Å². The molecule has 0 amide bonds. The summed E-state index contributed by atoms with van der Waals surface area (Å²) < 4.78 is 0. The number of para-hydroxylation sites is 2. The van der Waals surface area contributed by atoms with Crippen LogP contribution in [0.1, 0.15) is 22.3 Å². The van der Waals surface area contributed by atoms with E-state index in [4.69, 9.17) is 0 Å². The third kappa shape index (κ3) is 5.97. The SMILES string of the molecule is O=[N+]([O-])c1cccc(C=Nc2cc(Cc3ccc(O)c(N=Cc4cccc([N+](=O)[O-])c4O)c3)ccc2O)c1O. The zero-order valence-electron chi connectivity index (χ0n) is 20.0. The summed E-state index contributed by atoms with van der Waals surface area (Å²) in [5, 5.41) is 62.7. The number of rotatable bonds is 8. The molecule has 0 aliphatic heterocycles. The summed E-state index contributed by atoms with van der Waals surface area (Å²) >= 11 is 0. The minimum Gasteiger partial charge on any atom is -0.506 e. The number of aliphatic imine (C=N–C) groups is 2. The number of nitro benzene ring substituents is 2. The van der Waals surface area contributed by atoms with Gasteiger partial charge in [-0.05, 0) is 53.9 Å². The van der Waals surface area contributed by atoms with Gasteiger partial charge in [0.2, 0.25) is 11.5 Å². The van der Waals surface area contributed by atoms with Crippen LogP contribution in [0.5, 0.6) is 23.0 Å². The third-order valence-electron chi connectivity index (χ3n) is 5.66. The number of hydrogen-bond donors (Lipinski definition) is 4. The van der Waals surface area contributed by atoms with Gasteiger partial charge >= 0.3 is 11.4 Å². The van der Waals surface area contributed by atoms with Gasteiger partial charge in [0, 0.05) is 35.7 Å². The molecule has 39 heavy (non-hydrogen) atoms. The van der Waals surface area contributed by atoms with Crippen molar-refractivity contribution in [1.29, 1.82) is 0 Å². The Balaban J connectivity index is 1.57. The van der Waals surface area contributed by atoms with E-state index < -0.39 is 32.7 Å². The van der Waals surface area contributed by atoms with Gasteiger partial charge in [-0.15, -0.1) is 0 Å². The fourth-order valence-corrected chi connectivity index (χ4v) is 3.68. The predicted octanol–water partition coefficient (Wildman–Crippen LogP) is 5.42. The van der Waals surface area contributed by atoms with E-state index in [1.54, 1.807) is 24.3 Å². The largest absolute Gasteiger partial charge is 0.506 e. The van der Waals surface area contributed by atoms with Gasteiger partial charge in [-0.25, -0.2) is 0 Å². The molecule has 0 unspecified atom stereocenters. The minimum atomic E-state index is -0.715. The highest BCUT2D eigenvalue weighted by atomic mass is 16.6. The molecule has 0 aliphatic carbocycles. The smallest absolute Gasteiger partial charge is 0.311 e. The summed E-state index contributed by atoms with van der Waals surface area (Å²) in [5.41, 5.74) is 1.04. The van der Waals surface area contributed by atoms with Crippen LogP contribution in [0.4, 0.5) is 22.7 Å². The molecule has 4 rings (SSSR count). The molecule has 0 spiro atoms. The Labute approximate surface area is 220 Å². The average molecular weight is 528 g/mol. The molecule has 0 aliphatic rings. The van der Waals surface area contributed by atoms with Crippen molar-refractivity contribution in [2.45, 2.75) is 6.42 Å². The van der Waals surface area contributed by atoms with Gasteiger partial charge in [0.15, 0.2) is 0 Å². The van der Waals surface area contributed by atoms with Gasteiger partial charge in [0.25, 0.3) is 0 Å². The topological polar surface area (TPSA) is 192 Å². The molecule has 0 atom stereocenters. The lowest BCUT2D eigenvalue weighted by Crippen LogP contribution is -1.92. The van der Waals surface area contributed by atoms with E-state index in [0.717, 1.165) is 23.3 Å². The van der Waals surface area contributed by atoms with Crippen LogP contribution in [0.3, 0.4) is 0 Å². The van der Waals surface area contributed by atoms with Crippen LogP contribution in [0.2, 0.25) is 0 Å². The molecule has 0 saturated carbocycles. The lowest BCUT2D eigenvalue weighted by molar-refractivity contribution is -0.386. The molecule has 0 aromatic heterocycles. The lowest BCUT2D eigenvalue weighted by Gasteiger charge is -2.07. The first-order valence-electron chi connectivity index (χ1n) is 11.3. The molecule has 4 aromatic rings. The van der Waals surface area contributed by atoms with Crippen molar-refractivity contribution in [2.75, 3.05) is 0 Å². The van der Waals surface area contributed by atoms with E-state index in [-0.39, 0.29) is 34.0 Å². The maximum absolute atomic E-state index is 11.0. The molecule has 196 valence electrons. The van der Waals surface area contributed by atoms with Crippen molar-refractivity contribution < 1.29 is 30.3 Å². The molecular formula is C27H20N4O8. The minimum absolute atomic E-state index is 0.102. The van der Waals surface area contributed by atoms with Crippen LogP contribution < -0.4 is 0 Å². The fraction of sp³-hybridized carbons (Fsp3) is 0.0370. The fourth-order valence-electron chi connectivity index (χ4n) is 3.68. The highest BCUT2D eigenvalue weighted by molar-refractivity contribution is 5.88. The summed E-state index contributed by atoms with van der Waals surface area (Å²) in [5.74, 6) is -1.38. The standard InChI is InChI=1S/C27H20N4O8/c32-24-9-7-16(12-20(24)28-14-18-3-1-5-22(26(18)34)30(36)37)11-17-8-10-25(33)21(13-17)29-15-19-4-2-6-23(27(19)35)31(38)39/h1-10,12-15,32-35H,11H2. The van der Waals surface area contributed by atoms with E-state index in [0.29, 0.717) is 6.42 Å². The summed E-state index contributed by atoms with van der Waals surface area (Å²) in [7, 11) is 0. The highest BCUT2D eigenvalue weighted by Crippen LogP contribution is 2.33. The summed E-state index contributed by atoms with van der Waals surface area (Å²) in [6.45, 7) is 0. The maximum Gasteiger partial charge on any atom is 0.311 e. The third-order valence-corrected chi connectivity index (χ3v) is 5.66. The molecule has 0 saturated heterocycles. The monoisotopic (exact) mass is 528 g/mol. The van der Waals surface area contributed by atoms with Crippen molar-refractivity contribution in [2.24, 2.45) is 9.98 Å². The molecule has 12 nitrogen and oxygen atoms in total. The number of hydrogen-bond acceptors (Lipinski definition) is 10. The Bertz CT molecular complexity index is 1530. The lowest BCUT2D eigenvalue weighted by atomic mass is 10.0. The van der Waals surface area contributed by atoms with Crippen molar-refractivity contribution in [3.05, 3.63) is 115 Å². The van der Waals surface area contributed by atoms with E-state index in [2.05, 4.69) is 9.98 Å².